The van der Waals surface area contributed by atoms with Crippen molar-refractivity contribution in [1.82, 2.24) is 0 Å². The quantitative estimate of drug-likeness (QED) is 0.729. The summed E-state index contributed by atoms with van der Waals surface area (Å²) in [5, 5.41) is 8.64. The molecule has 0 aliphatic heterocycles. The van der Waals surface area contributed by atoms with Crippen molar-refractivity contribution in [2.24, 2.45) is 0 Å². The van der Waals surface area contributed by atoms with Crippen LogP contribution in [0.4, 0.5) is 5.69 Å². The van der Waals surface area contributed by atoms with E-state index in [4.69, 9.17) is 20.3 Å². The molecule has 5 nitrogen and oxygen atoms in total. The number of nitrogen functional groups attached to an aromatic ring is 1. The lowest BCUT2D eigenvalue weighted by atomic mass is 10.2. The summed E-state index contributed by atoms with van der Waals surface area (Å²) in [7, 11) is 1.52. The molecule has 15 heavy (non-hydrogen) atoms. The predicted molar refractivity (Wildman–Crippen MR) is 55.1 cm³/mol. The summed E-state index contributed by atoms with van der Waals surface area (Å²) in [6.45, 7) is 1.44. The van der Waals surface area contributed by atoms with Crippen LogP contribution in [0.3, 0.4) is 0 Å². The van der Waals surface area contributed by atoms with Crippen LogP contribution >= 0.6 is 0 Å². The Morgan fingerprint density at radius 2 is 2.20 bits per heavy atom. The van der Waals surface area contributed by atoms with Crippen LogP contribution in [0.2, 0.25) is 0 Å². The second kappa shape index (κ2) is 4.54. The third-order valence-electron chi connectivity index (χ3n) is 1.87. The van der Waals surface area contributed by atoms with Crippen molar-refractivity contribution in [3.63, 3.8) is 0 Å². The maximum absolute atomic E-state index is 10.5. The SMILES string of the molecule is COc1ccc(OC(C)C(=O)O)c(N)c1. The number of carbonyl (C=O) groups is 1. The highest BCUT2D eigenvalue weighted by atomic mass is 16.5. The van der Waals surface area contributed by atoms with Gasteiger partial charge in [0, 0.05) is 6.07 Å². The lowest BCUT2D eigenvalue weighted by Crippen LogP contribution is -2.23. The number of rotatable bonds is 4. The zero-order valence-electron chi connectivity index (χ0n) is 8.56. The molecule has 0 saturated heterocycles. The van der Waals surface area contributed by atoms with Gasteiger partial charge in [-0.15, -0.1) is 0 Å². The van der Waals surface area contributed by atoms with Gasteiger partial charge in [0.15, 0.2) is 6.10 Å². The lowest BCUT2D eigenvalue weighted by Gasteiger charge is -2.12. The Morgan fingerprint density at radius 1 is 1.53 bits per heavy atom. The summed E-state index contributed by atoms with van der Waals surface area (Å²) in [4.78, 5) is 10.5. The van der Waals surface area contributed by atoms with Crippen molar-refractivity contribution < 1.29 is 19.4 Å². The van der Waals surface area contributed by atoms with Crippen LogP contribution in [0, 0.1) is 0 Å². The molecule has 0 aliphatic carbocycles. The highest BCUT2D eigenvalue weighted by Gasteiger charge is 2.14. The van der Waals surface area contributed by atoms with E-state index >= 15 is 0 Å². The van der Waals surface area contributed by atoms with Crippen LogP contribution in [0.5, 0.6) is 11.5 Å². The summed E-state index contributed by atoms with van der Waals surface area (Å²) in [6, 6.07) is 4.80. The standard InChI is InChI=1S/C10H13NO4/c1-6(10(12)13)15-9-4-3-7(14-2)5-8(9)11/h3-6H,11H2,1-2H3,(H,12,13). The molecule has 0 amide bonds. The van der Waals surface area contributed by atoms with E-state index in [0.717, 1.165) is 0 Å². The first-order chi connectivity index (χ1) is 7.04. The van der Waals surface area contributed by atoms with Gasteiger partial charge in [-0.05, 0) is 19.1 Å². The topological polar surface area (TPSA) is 81.8 Å². The largest absolute Gasteiger partial charge is 0.497 e. The molecule has 1 aromatic carbocycles. The number of hydrogen-bond acceptors (Lipinski definition) is 4. The van der Waals surface area contributed by atoms with E-state index in [1.807, 2.05) is 0 Å². The average molecular weight is 211 g/mol. The van der Waals surface area contributed by atoms with Gasteiger partial charge in [-0.3, -0.25) is 0 Å². The Labute approximate surface area is 87.4 Å². The van der Waals surface area contributed by atoms with Crippen molar-refractivity contribution >= 4 is 11.7 Å². The van der Waals surface area contributed by atoms with Crippen molar-refractivity contribution in [2.45, 2.75) is 13.0 Å². The van der Waals surface area contributed by atoms with E-state index in [9.17, 15) is 4.79 Å². The van der Waals surface area contributed by atoms with Crippen LogP contribution in [-0.2, 0) is 4.79 Å². The van der Waals surface area contributed by atoms with Crippen molar-refractivity contribution in [1.29, 1.82) is 0 Å². The normalized spacial score (nSPS) is 11.9. The smallest absolute Gasteiger partial charge is 0.344 e. The number of anilines is 1. The maximum atomic E-state index is 10.5. The summed E-state index contributed by atoms with van der Waals surface area (Å²) >= 11 is 0. The highest BCUT2D eigenvalue weighted by Crippen LogP contribution is 2.26. The van der Waals surface area contributed by atoms with Gasteiger partial charge in [0.1, 0.15) is 11.5 Å². The number of carboxylic acid groups (broad SMARTS) is 1. The van der Waals surface area contributed by atoms with Crippen molar-refractivity contribution in [3.05, 3.63) is 18.2 Å². The molecule has 0 fully saturated rings. The first-order valence-electron chi connectivity index (χ1n) is 4.37. The van der Waals surface area contributed by atoms with E-state index in [0.29, 0.717) is 17.2 Å². The summed E-state index contributed by atoms with van der Waals surface area (Å²) in [5.41, 5.74) is 6.00. The van der Waals surface area contributed by atoms with E-state index in [-0.39, 0.29) is 0 Å². The van der Waals surface area contributed by atoms with Crippen molar-refractivity contribution in [2.75, 3.05) is 12.8 Å². The number of benzene rings is 1. The molecule has 1 unspecified atom stereocenters. The first kappa shape index (κ1) is 11.2. The molecule has 0 radical (unpaired) electrons. The van der Waals surface area contributed by atoms with Gasteiger partial charge >= 0.3 is 5.97 Å². The lowest BCUT2D eigenvalue weighted by molar-refractivity contribution is -0.144. The fourth-order valence-corrected chi connectivity index (χ4v) is 1.00. The molecule has 1 atom stereocenters. The fraction of sp³-hybridized carbons (Fsp3) is 0.300. The summed E-state index contributed by atoms with van der Waals surface area (Å²) in [5.74, 6) is -0.0984. The van der Waals surface area contributed by atoms with E-state index in [1.54, 1.807) is 18.2 Å². The zero-order valence-corrected chi connectivity index (χ0v) is 8.56. The Bertz CT molecular complexity index is 364. The first-order valence-corrected chi connectivity index (χ1v) is 4.37. The number of hydrogen-bond donors (Lipinski definition) is 2. The minimum atomic E-state index is -1.04. The second-order valence-electron chi connectivity index (χ2n) is 3.00. The molecule has 3 N–H and O–H groups in total. The number of ether oxygens (including phenoxy) is 2. The Morgan fingerprint density at radius 3 is 2.67 bits per heavy atom. The number of methoxy groups -OCH3 is 1. The van der Waals surface area contributed by atoms with Crippen LogP contribution in [0.25, 0.3) is 0 Å². The van der Waals surface area contributed by atoms with Crippen LogP contribution in [-0.4, -0.2) is 24.3 Å². The molecular formula is C10H13NO4. The van der Waals surface area contributed by atoms with Crippen LogP contribution in [0.1, 0.15) is 6.92 Å². The molecule has 82 valence electrons. The Balaban J connectivity index is 2.82. The molecule has 0 bridgehead atoms. The fourth-order valence-electron chi connectivity index (χ4n) is 1.00. The Kier molecular flexibility index (Phi) is 3.38. The summed E-state index contributed by atoms with van der Waals surface area (Å²) in [6.07, 6.45) is -0.930. The molecule has 1 aromatic rings. The second-order valence-corrected chi connectivity index (χ2v) is 3.00. The molecule has 5 heteroatoms. The average Bonchev–Trinajstić information content (AvgIpc) is 2.20. The molecule has 0 aliphatic rings. The van der Waals surface area contributed by atoms with Gasteiger partial charge in [-0.1, -0.05) is 0 Å². The number of carboxylic acids is 1. The number of nitrogens with two attached hydrogens (primary N) is 1. The molecule has 0 saturated carbocycles. The maximum Gasteiger partial charge on any atom is 0.344 e. The molecule has 1 rings (SSSR count). The Hall–Kier alpha value is -1.91. The molecule has 0 spiro atoms. The third kappa shape index (κ3) is 2.77. The minimum Gasteiger partial charge on any atom is -0.497 e. The minimum absolute atomic E-state index is 0.339. The van der Waals surface area contributed by atoms with Gasteiger partial charge in [0.05, 0.1) is 12.8 Å². The number of aliphatic carboxylic acids is 1. The van der Waals surface area contributed by atoms with E-state index in [1.165, 1.54) is 14.0 Å². The van der Waals surface area contributed by atoms with Gasteiger partial charge in [-0.2, -0.15) is 0 Å². The monoisotopic (exact) mass is 211 g/mol. The molecular weight excluding hydrogens is 198 g/mol. The van der Waals surface area contributed by atoms with Crippen molar-refractivity contribution in [3.8, 4) is 11.5 Å². The van der Waals surface area contributed by atoms with Gasteiger partial charge in [0.25, 0.3) is 0 Å². The zero-order chi connectivity index (χ0) is 11.4. The highest BCUT2D eigenvalue weighted by molar-refractivity contribution is 5.72. The van der Waals surface area contributed by atoms with Gasteiger partial charge < -0.3 is 20.3 Å². The molecule has 0 heterocycles. The van der Waals surface area contributed by atoms with Gasteiger partial charge in [-0.25, -0.2) is 4.79 Å². The van der Waals surface area contributed by atoms with Crippen LogP contribution < -0.4 is 15.2 Å². The van der Waals surface area contributed by atoms with Crippen LogP contribution in [0.15, 0.2) is 18.2 Å². The van der Waals surface area contributed by atoms with Gasteiger partial charge in [0.2, 0.25) is 0 Å². The summed E-state index contributed by atoms with van der Waals surface area (Å²) < 4.78 is 10.1. The molecule has 0 aromatic heterocycles. The van der Waals surface area contributed by atoms with E-state index < -0.39 is 12.1 Å². The predicted octanol–water partition coefficient (Wildman–Crippen LogP) is 1.13. The third-order valence-corrected chi connectivity index (χ3v) is 1.87. The van der Waals surface area contributed by atoms with E-state index in [2.05, 4.69) is 0 Å².